The van der Waals surface area contributed by atoms with Crippen LogP contribution in [0.4, 0.5) is 4.79 Å². The van der Waals surface area contributed by atoms with Gasteiger partial charge in [-0.3, -0.25) is 14.7 Å². The van der Waals surface area contributed by atoms with Crippen LogP contribution in [-0.2, 0) is 19.1 Å². The Kier molecular flexibility index (Phi) is 8.49. The molecule has 42 heavy (non-hydrogen) atoms. The number of allylic oxidation sites excluding steroid dienone is 1. The van der Waals surface area contributed by atoms with Crippen molar-refractivity contribution in [2.75, 3.05) is 5.75 Å². The number of β-lactam (4-membered cyclic amide) rings is 1. The van der Waals surface area contributed by atoms with Gasteiger partial charge in [0.25, 0.3) is 5.91 Å². The second kappa shape index (κ2) is 12.2. The molecule has 1 fully saturated rings. The van der Waals surface area contributed by atoms with Crippen LogP contribution in [-0.4, -0.2) is 50.6 Å². The highest BCUT2D eigenvalue weighted by Gasteiger charge is 2.54. The molecular formula is C33H33N3O5S. The molecule has 0 spiro atoms. The quantitative estimate of drug-likeness (QED) is 0.277. The number of amides is 2. The molecule has 216 valence electrons. The number of hydrogen-bond donors (Lipinski definition) is 1. The molecule has 2 amide bonds. The smallest absolute Gasteiger partial charge is 0.408 e. The maximum Gasteiger partial charge on any atom is 0.408 e. The van der Waals surface area contributed by atoms with Crippen LogP contribution < -0.4 is 5.32 Å². The maximum absolute atomic E-state index is 14.0. The fraction of sp³-hybridized carbons (Fsp3) is 0.273. The Bertz CT molecular complexity index is 1480. The number of thioether (sulfide) groups is 1. The average molecular weight is 584 g/mol. The fourth-order valence-electron chi connectivity index (χ4n) is 4.72. The standard InChI is InChI=1S/C33H33N3O5S/c1-21-15-16-22(19-34-21)17-18-25-20-42-30-26(35-32(39)41-33(2,3)4)29(37)36(30)27(25)31(38)40-28(23-11-7-5-8-12-23)24-13-9-6-10-14-24/h5-19,26,28,30H,20H2,1-4H3,(H,35,39)/b18-17-/t26-,30-/m1/s1. The maximum atomic E-state index is 14.0. The first-order valence-corrected chi connectivity index (χ1v) is 14.7. The van der Waals surface area contributed by atoms with Crippen LogP contribution in [0.3, 0.4) is 0 Å². The van der Waals surface area contributed by atoms with Crippen molar-refractivity contribution >= 4 is 35.8 Å². The zero-order chi connectivity index (χ0) is 29.9. The summed E-state index contributed by atoms with van der Waals surface area (Å²) in [4.78, 5) is 45.7. The molecule has 9 heteroatoms. The van der Waals surface area contributed by atoms with Crippen LogP contribution in [0, 0.1) is 6.92 Å². The summed E-state index contributed by atoms with van der Waals surface area (Å²) in [6, 6.07) is 22.0. The van der Waals surface area contributed by atoms with Crippen molar-refractivity contribution in [2.45, 2.75) is 50.8 Å². The lowest BCUT2D eigenvalue weighted by Gasteiger charge is -2.49. The Morgan fingerprint density at radius 1 is 1.00 bits per heavy atom. The largest absolute Gasteiger partial charge is 0.448 e. The van der Waals surface area contributed by atoms with E-state index in [1.54, 1.807) is 27.0 Å². The summed E-state index contributed by atoms with van der Waals surface area (Å²) in [6.45, 7) is 7.18. The molecule has 0 saturated carbocycles. The van der Waals surface area contributed by atoms with Gasteiger partial charge in [0.05, 0.1) is 0 Å². The molecule has 0 bridgehead atoms. The molecule has 0 aliphatic carbocycles. The summed E-state index contributed by atoms with van der Waals surface area (Å²) in [5.41, 5.74) is 3.47. The highest BCUT2D eigenvalue weighted by molar-refractivity contribution is 8.00. The van der Waals surface area contributed by atoms with Crippen molar-refractivity contribution in [2.24, 2.45) is 0 Å². The molecule has 2 atom stereocenters. The highest BCUT2D eigenvalue weighted by Crippen LogP contribution is 2.42. The topological polar surface area (TPSA) is 97.8 Å². The normalized spacial score (nSPS) is 18.5. The molecule has 3 aromatic rings. The molecular weight excluding hydrogens is 550 g/mol. The molecule has 2 aliphatic heterocycles. The van der Waals surface area contributed by atoms with Crippen molar-refractivity contribution in [1.29, 1.82) is 0 Å². The van der Waals surface area contributed by atoms with Gasteiger partial charge in [-0.15, -0.1) is 11.8 Å². The molecule has 3 heterocycles. The number of aryl methyl sites for hydroxylation is 1. The minimum absolute atomic E-state index is 0.166. The molecule has 2 aliphatic rings. The zero-order valence-corrected chi connectivity index (χ0v) is 24.8. The summed E-state index contributed by atoms with van der Waals surface area (Å²) >= 11 is 1.47. The van der Waals surface area contributed by atoms with E-state index < -0.39 is 41.1 Å². The Balaban J connectivity index is 1.47. The Morgan fingerprint density at radius 2 is 1.64 bits per heavy atom. The van der Waals surface area contributed by atoms with E-state index in [4.69, 9.17) is 9.47 Å². The fourth-order valence-corrected chi connectivity index (χ4v) is 6.03. The Hall–Kier alpha value is -4.37. The molecule has 8 nitrogen and oxygen atoms in total. The van der Waals surface area contributed by atoms with Gasteiger partial charge in [-0.05, 0) is 56.0 Å². The van der Waals surface area contributed by atoms with Crippen LogP contribution in [0.25, 0.3) is 6.08 Å². The summed E-state index contributed by atoms with van der Waals surface area (Å²) in [5.74, 6) is -0.588. The zero-order valence-electron chi connectivity index (χ0n) is 23.9. The van der Waals surface area contributed by atoms with Gasteiger partial charge in [0.2, 0.25) is 0 Å². The van der Waals surface area contributed by atoms with E-state index in [0.717, 1.165) is 22.4 Å². The van der Waals surface area contributed by atoms with Gasteiger partial charge < -0.3 is 14.8 Å². The van der Waals surface area contributed by atoms with Crippen LogP contribution in [0.2, 0.25) is 0 Å². The summed E-state index contributed by atoms with van der Waals surface area (Å²) < 4.78 is 11.5. The second-order valence-corrected chi connectivity index (χ2v) is 12.2. The Morgan fingerprint density at radius 3 is 2.21 bits per heavy atom. The van der Waals surface area contributed by atoms with Gasteiger partial charge in [0.15, 0.2) is 6.10 Å². The average Bonchev–Trinajstić information content (AvgIpc) is 2.97. The predicted molar refractivity (Wildman–Crippen MR) is 162 cm³/mol. The first-order chi connectivity index (χ1) is 20.1. The summed E-state index contributed by atoms with van der Waals surface area (Å²) in [7, 11) is 0. The summed E-state index contributed by atoms with van der Waals surface area (Å²) in [6.07, 6.45) is 4.08. The number of carbonyl (C=O) groups is 3. The second-order valence-electron chi connectivity index (χ2n) is 11.1. The monoisotopic (exact) mass is 583 g/mol. The molecule has 1 N–H and O–H groups in total. The number of aromatic nitrogens is 1. The third kappa shape index (κ3) is 6.57. The van der Waals surface area contributed by atoms with Crippen molar-refractivity contribution in [3.63, 3.8) is 0 Å². The third-order valence-electron chi connectivity index (χ3n) is 6.70. The van der Waals surface area contributed by atoms with Crippen molar-refractivity contribution < 1.29 is 23.9 Å². The minimum Gasteiger partial charge on any atom is -0.448 e. The Labute approximate surface area is 249 Å². The van der Waals surface area contributed by atoms with Gasteiger partial charge >= 0.3 is 12.1 Å². The van der Waals surface area contributed by atoms with Crippen molar-refractivity contribution in [3.8, 4) is 0 Å². The number of nitrogens with one attached hydrogen (secondary N) is 1. The molecule has 5 rings (SSSR count). The van der Waals surface area contributed by atoms with E-state index in [1.807, 2.05) is 91.9 Å². The van der Waals surface area contributed by atoms with E-state index >= 15 is 0 Å². The lowest BCUT2D eigenvalue weighted by atomic mass is 10.0. The number of pyridine rings is 1. The first kappa shape index (κ1) is 29.1. The number of rotatable bonds is 7. The number of hydrogen-bond acceptors (Lipinski definition) is 7. The first-order valence-electron chi connectivity index (χ1n) is 13.7. The third-order valence-corrected chi connectivity index (χ3v) is 8.01. The summed E-state index contributed by atoms with van der Waals surface area (Å²) in [5, 5.41) is 2.20. The van der Waals surface area contributed by atoms with Crippen molar-refractivity contribution in [1.82, 2.24) is 15.2 Å². The number of benzene rings is 2. The van der Waals surface area contributed by atoms with E-state index in [1.165, 1.54) is 16.7 Å². The SMILES string of the molecule is Cc1ccc(/C=C\C2=C(C(=O)OC(c3ccccc3)c3ccccc3)N3C(=O)[C@@H](NC(=O)OC(C)(C)C)[C@H]3SC2)cn1. The number of fused-ring (bicyclic) bond motifs is 1. The van der Waals surface area contributed by atoms with E-state index in [-0.39, 0.29) is 5.70 Å². The van der Waals surface area contributed by atoms with Gasteiger partial charge in [0.1, 0.15) is 22.7 Å². The van der Waals surface area contributed by atoms with E-state index in [2.05, 4.69) is 10.3 Å². The highest BCUT2D eigenvalue weighted by atomic mass is 32.2. The van der Waals surface area contributed by atoms with E-state index in [0.29, 0.717) is 11.3 Å². The van der Waals surface area contributed by atoms with Crippen LogP contribution in [0.5, 0.6) is 0 Å². The van der Waals surface area contributed by atoms with Crippen LogP contribution in [0.1, 0.15) is 49.3 Å². The predicted octanol–water partition coefficient (Wildman–Crippen LogP) is 5.80. The number of carbonyl (C=O) groups excluding carboxylic acids is 3. The molecule has 0 unspecified atom stereocenters. The van der Waals surface area contributed by atoms with Crippen LogP contribution in [0.15, 0.2) is 96.3 Å². The number of alkyl carbamates (subject to hydrolysis) is 1. The number of nitrogens with zero attached hydrogens (tertiary/aromatic N) is 2. The van der Waals surface area contributed by atoms with Gasteiger partial charge in [0, 0.05) is 17.6 Å². The lowest BCUT2D eigenvalue weighted by Crippen LogP contribution is -2.70. The van der Waals surface area contributed by atoms with Gasteiger partial charge in [-0.1, -0.05) is 78.9 Å². The molecule has 0 radical (unpaired) electrons. The van der Waals surface area contributed by atoms with Crippen LogP contribution >= 0.6 is 11.8 Å². The number of esters is 1. The van der Waals surface area contributed by atoms with Gasteiger partial charge in [-0.2, -0.15) is 0 Å². The molecule has 2 aromatic carbocycles. The van der Waals surface area contributed by atoms with Gasteiger partial charge in [-0.25, -0.2) is 9.59 Å². The van der Waals surface area contributed by atoms with E-state index in [9.17, 15) is 14.4 Å². The number of ether oxygens (including phenoxy) is 2. The molecule has 1 saturated heterocycles. The lowest BCUT2D eigenvalue weighted by molar-refractivity contribution is -0.153. The molecule has 1 aromatic heterocycles. The van der Waals surface area contributed by atoms with Crippen molar-refractivity contribution in [3.05, 3.63) is 119 Å². The minimum atomic E-state index is -0.821.